The molecular formula is C15H12N2O3S. The highest BCUT2D eigenvalue weighted by atomic mass is 32.2. The standard InChI is InChI=1S/C15H12N2O3S/c1-21(19,20)14-7-5-13(6-8-14)17-15(18)12-4-2-3-11(9-12)10-16/h2-9H,1H3,(H,17,18). The van der Waals surface area contributed by atoms with E-state index in [1.54, 1.807) is 18.2 Å². The van der Waals surface area contributed by atoms with E-state index in [2.05, 4.69) is 5.32 Å². The van der Waals surface area contributed by atoms with E-state index in [0.717, 1.165) is 6.26 Å². The number of nitriles is 1. The fourth-order valence-electron chi connectivity index (χ4n) is 1.72. The molecule has 0 aliphatic carbocycles. The first-order valence-corrected chi connectivity index (χ1v) is 7.91. The molecule has 0 radical (unpaired) electrons. The maximum absolute atomic E-state index is 12.0. The van der Waals surface area contributed by atoms with Gasteiger partial charge < -0.3 is 5.32 Å². The average Bonchev–Trinajstić information content (AvgIpc) is 2.47. The van der Waals surface area contributed by atoms with Crippen LogP contribution >= 0.6 is 0 Å². The predicted octanol–water partition coefficient (Wildman–Crippen LogP) is 2.21. The lowest BCUT2D eigenvalue weighted by Gasteiger charge is -2.06. The van der Waals surface area contributed by atoms with Gasteiger partial charge in [0.25, 0.3) is 5.91 Å². The Bertz CT molecular complexity index is 819. The van der Waals surface area contributed by atoms with Gasteiger partial charge in [-0.15, -0.1) is 0 Å². The van der Waals surface area contributed by atoms with Crippen LogP contribution in [0.2, 0.25) is 0 Å². The Morgan fingerprint density at radius 3 is 2.38 bits per heavy atom. The van der Waals surface area contributed by atoms with Crippen molar-refractivity contribution < 1.29 is 13.2 Å². The zero-order valence-electron chi connectivity index (χ0n) is 11.2. The number of carbonyl (C=O) groups excluding carboxylic acids is 1. The van der Waals surface area contributed by atoms with Crippen LogP contribution in [0.25, 0.3) is 0 Å². The van der Waals surface area contributed by atoms with Crippen LogP contribution in [0.5, 0.6) is 0 Å². The van der Waals surface area contributed by atoms with E-state index in [9.17, 15) is 13.2 Å². The van der Waals surface area contributed by atoms with E-state index in [-0.39, 0.29) is 10.8 Å². The molecule has 1 amide bonds. The largest absolute Gasteiger partial charge is 0.322 e. The fourth-order valence-corrected chi connectivity index (χ4v) is 2.35. The summed E-state index contributed by atoms with van der Waals surface area (Å²) in [5, 5.41) is 11.4. The van der Waals surface area contributed by atoms with Gasteiger partial charge in [-0.1, -0.05) is 6.07 Å². The molecule has 2 rings (SSSR count). The Balaban J connectivity index is 2.18. The van der Waals surface area contributed by atoms with Gasteiger partial charge >= 0.3 is 0 Å². The third-order valence-corrected chi connectivity index (χ3v) is 3.92. The van der Waals surface area contributed by atoms with Gasteiger partial charge in [0.2, 0.25) is 0 Å². The molecule has 0 saturated carbocycles. The Morgan fingerprint density at radius 2 is 1.81 bits per heavy atom. The maximum Gasteiger partial charge on any atom is 0.255 e. The van der Waals surface area contributed by atoms with Crippen molar-refractivity contribution in [1.29, 1.82) is 5.26 Å². The molecule has 0 aliphatic rings. The number of nitrogens with zero attached hydrogens (tertiary/aromatic N) is 1. The smallest absolute Gasteiger partial charge is 0.255 e. The minimum absolute atomic E-state index is 0.187. The van der Waals surface area contributed by atoms with Crippen molar-refractivity contribution in [3.8, 4) is 6.07 Å². The van der Waals surface area contributed by atoms with Crippen molar-refractivity contribution >= 4 is 21.4 Å². The number of nitrogens with one attached hydrogen (secondary N) is 1. The van der Waals surface area contributed by atoms with Gasteiger partial charge in [-0.3, -0.25) is 4.79 Å². The highest BCUT2D eigenvalue weighted by Crippen LogP contribution is 2.15. The molecule has 106 valence electrons. The molecule has 1 N–H and O–H groups in total. The molecule has 0 unspecified atom stereocenters. The fraction of sp³-hybridized carbons (Fsp3) is 0.0667. The maximum atomic E-state index is 12.0. The predicted molar refractivity (Wildman–Crippen MR) is 78.7 cm³/mol. The lowest BCUT2D eigenvalue weighted by atomic mass is 10.1. The van der Waals surface area contributed by atoms with Crippen molar-refractivity contribution in [3.63, 3.8) is 0 Å². The Hall–Kier alpha value is -2.65. The van der Waals surface area contributed by atoms with Crippen LogP contribution in [0.1, 0.15) is 15.9 Å². The minimum Gasteiger partial charge on any atom is -0.322 e. The highest BCUT2D eigenvalue weighted by molar-refractivity contribution is 7.90. The van der Waals surface area contributed by atoms with Gasteiger partial charge in [0.1, 0.15) is 0 Å². The van der Waals surface area contributed by atoms with Crippen LogP contribution in [-0.2, 0) is 9.84 Å². The molecule has 2 aromatic carbocycles. The van der Waals surface area contributed by atoms with Crippen molar-refractivity contribution in [3.05, 3.63) is 59.7 Å². The summed E-state index contributed by atoms with van der Waals surface area (Å²) in [6.45, 7) is 0. The first-order valence-electron chi connectivity index (χ1n) is 6.02. The zero-order chi connectivity index (χ0) is 15.5. The van der Waals surface area contributed by atoms with Crippen molar-refractivity contribution in [1.82, 2.24) is 0 Å². The number of carbonyl (C=O) groups is 1. The number of hydrogen-bond acceptors (Lipinski definition) is 4. The Labute approximate surface area is 122 Å². The van der Waals surface area contributed by atoms with Crippen LogP contribution < -0.4 is 5.32 Å². The number of anilines is 1. The van der Waals surface area contributed by atoms with Crippen molar-refractivity contribution in [2.75, 3.05) is 11.6 Å². The number of sulfone groups is 1. The van der Waals surface area contributed by atoms with Crippen LogP contribution in [0.15, 0.2) is 53.4 Å². The summed E-state index contributed by atoms with van der Waals surface area (Å²) in [5.74, 6) is -0.362. The number of amides is 1. The molecule has 0 aromatic heterocycles. The molecule has 0 fully saturated rings. The molecule has 0 heterocycles. The minimum atomic E-state index is -3.26. The SMILES string of the molecule is CS(=O)(=O)c1ccc(NC(=O)c2cccc(C#N)c2)cc1. The number of hydrogen-bond donors (Lipinski definition) is 1. The van der Waals surface area contributed by atoms with Crippen LogP contribution in [0, 0.1) is 11.3 Å². The molecule has 6 heteroatoms. The summed E-state index contributed by atoms with van der Waals surface area (Å²) in [7, 11) is -3.26. The van der Waals surface area contributed by atoms with E-state index in [0.29, 0.717) is 16.8 Å². The van der Waals surface area contributed by atoms with E-state index in [1.165, 1.54) is 30.3 Å². The summed E-state index contributed by atoms with van der Waals surface area (Å²) in [5.41, 5.74) is 1.24. The molecule has 0 spiro atoms. The molecule has 0 bridgehead atoms. The molecular weight excluding hydrogens is 288 g/mol. The quantitative estimate of drug-likeness (QED) is 0.941. The van der Waals surface area contributed by atoms with Gasteiger partial charge in [0.05, 0.1) is 16.5 Å². The summed E-state index contributed by atoms with van der Waals surface area (Å²) in [4.78, 5) is 12.2. The molecule has 5 nitrogen and oxygen atoms in total. The van der Waals surface area contributed by atoms with E-state index >= 15 is 0 Å². The molecule has 21 heavy (non-hydrogen) atoms. The first-order chi connectivity index (χ1) is 9.90. The Morgan fingerprint density at radius 1 is 1.14 bits per heavy atom. The van der Waals surface area contributed by atoms with E-state index in [1.807, 2.05) is 6.07 Å². The van der Waals surface area contributed by atoms with Gasteiger partial charge in [-0.05, 0) is 42.5 Å². The summed E-state index contributed by atoms with van der Waals surface area (Å²) in [6.07, 6.45) is 1.12. The van der Waals surface area contributed by atoms with Crippen LogP contribution in [-0.4, -0.2) is 20.6 Å². The number of rotatable bonds is 3. The first kappa shape index (κ1) is 14.8. The Kier molecular flexibility index (Phi) is 4.05. The summed E-state index contributed by atoms with van der Waals surface area (Å²) >= 11 is 0. The average molecular weight is 300 g/mol. The molecule has 0 aliphatic heterocycles. The van der Waals surface area contributed by atoms with E-state index in [4.69, 9.17) is 5.26 Å². The molecule has 2 aromatic rings. The topological polar surface area (TPSA) is 87.0 Å². The second-order valence-corrected chi connectivity index (χ2v) is 6.46. The van der Waals surface area contributed by atoms with Crippen molar-refractivity contribution in [2.24, 2.45) is 0 Å². The lowest BCUT2D eigenvalue weighted by molar-refractivity contribution is 0.102. The lowest BCUT2D eigenvalue weighted by Crippen LogP contribution is -2.12. The van der Waals surface area contributed by atoms with Gasteiger partial charge in [0, 0.05) is 17.5 Å². The normalized spacial score (nSPS) is 10.7. The van der Waals surface area contributed by atoms with Gasteiger partial charge in [-0.25, -0.2) is 8.42 Å². The summed E-state index contributed by atoms with van der Waals surface area (Å²) in [6, 6.07) is 14.2. The van der Waals surface area contributed by atoms with Gasteiger partial charge in [-0.2, -0.15) is 5.26 Å². The summed E-state index contributed by atoms with van der Waals surface area (Å²) < 4.78 is 22.7. The zero-order valence-corrected chi connectivity index (χ0v) is 12.0. The van der Waals surface area contributed by atoms with Crippen molar-refractivity contribution in [2.45, 2.75) is 4.90 Å². The van der Waals surface area contributed by atoms with Crippen LogP contribution in [0.3, 0.4) is 0 Å². The van der Waals surface area contributed by atoms with Crippen LogP contribution in [0.4, 0.5) is 5.69 Å². The second kappa shape index (κ2) is 5.77. The van der Waals surface area contributed by atoms with Gasteiger partial charge in [0.15, 0.2) is 9.84 Å². The molecule has 0 atom stereocenters. The number of benzene rings is 2. The second-order valence-electron chi connectivity index (χ2n) is 4.44. The third-order valence-electron chi connectivity index (χ3n) is 2.79. The third kappa shape index (κ3) is 3.68. The molecule has 0 saturated heterocycles. The van der Waals surface area contributed by atoms with E-state index < -0.39 is 9.84 Å². The monoisotopic (exact) mass is 300 g/mol. The highest BCUT2D eigenvalue weighted by Gasteiger charge is 2.09.